The van der Waals surface area contributed by atoms with Gasteiger partial charge in [0.15, 0.2) is 0 Å². The van der Waals surface area contributed by atoms with Crippen LogP contribution in [0.3, 0.4) is 0 Å². The second-order valence-electron chi connectivity index (χ2n) is 3.93. The van der Waals surface area contributed by atoms with Gasteiger partial charge in [-0.25, -0.2) is 0 Å². The molecule has 3 nitrogen and oxygen atoms in total. The first-order chi connectivity index (χ1) is 8.08. The van der Waals surface area contributed by atoms with E-state index in [9.17, 15) is 4.79 Å². The minimum Gasteiger partial charge on any atom is -0.496 e. The van der Waals surface area contributed by atoms with Crippen LogP contribution in [0.15, 0.2) is 22.7 Å². The Kier molecular flexibility index (Phi) is 5.48. The average molecular weight is 300 g/mol. The highest BCUT2D eigenvalue weighted by molar-refractivity contribution is 9.10. The number of hydrogen-bond acceptors (Lipinski definition) is 2. The van der Waals surface area contributed by atoms with Crippen LogP contribution >= 0.6 is 15.9 Å². The number of halogens is 1. The van der Waals surface area contributed by atoms with Crippen LogP contribution in [0, 0.1) is 0 Å². The van der Waals surface area contributed by atoms with E-state index in [4.69, 9.17) is 4.74 Å². The summed E-state index contributed by atoms with van der Waals surface area (Å²) >= 11 is 3.43. The Hall–Kier alpha value is -1.03. The van der Waals surface area contributed by atoms with Crippen molar-refractivity contribution in [1.29, 1.82) is 0 Å². The van der Waals surface area contributed by atoms with Crippen molar-refractivity contribution >= 4 is 21.8 Å². The Labute approximate surface area is 111 Å². The number of hydrogen-bond donors (Lipinski definition) is 1. The van der Waals surface area contributed by atoms with Crippen LogP contribution in [0.5, 0.6) is 5.75 Å². The molecular weight excluding hydrogens is 282 g/mol. The maximum atomic E-state index is 11.5. The number of amides is 1. The van der Waals surface area contributed by atoms with Crippen molar-refractivity contribution < 1.29 is 9.53 Å². The lowest BCUT2D eigenvalue weighted by atomic mass is 10.1. The average Bonchev–Trinajstić information content (AvgIpc) is 2.29. The molecule has 0 spiro atoms. The molecule has 0 saturated heterocycles. The van der Waals surface area contributed by atoms with Gasteiger partial charge in [-0.1, -0.05) is 13.0 Å². The third-order valence-electron chi connectivity index (χ3n) is 2.53. The van der Waals surface area contributed by atoms with Crippen LogP contribution in [0.25, 0.3) is 0 Å². The van der Waals surface area contributed by atoms with Crippen LogP contribution < -0.4 is 10.1 Å². The third kappa shape index (κ3) is 4.04. The predicted molar refractivity (Wildman–Crippen MR) is 72.2 cm³/mol. The van der Waals surface area contributed by atoms with Crippen molar-refractivity contribution in [2.24, 2.45) is 0 Å². The molecule has 0 heterocycles. The molecule has 0 saturated carbocycles. The van der Waals surface area contributed by atoms with Crippen LogP contribution in [0.2, 0.25) is 0 Å². The van der Waals surface area contributed by atoms with Crippen molar-refractivity contribution in [3.63, 3.8) is 0 Å². The summed E-state index contributed by atoms with van der Waals surface area (Å²) in [4.78, 5) is 11.5. The van der Waals surface area contributed by atoms with Crippen molar-refractivity contribution in [2.75, 3.05) is 7.11 Å². The topological polar surface area (TPSA) is 38.3 Å². The Morgan fingerprint density at radius 1 is 1.53 bits per heavy atom. The zero-order chi connectivity index (χ0) is 12.8. The summed E-state index contributed by atoms with van der Waals surface area (Å²) in [5.41, 5.74) is 1.06. The highest BCUT2D eigenvalue weighted by Gasteiger charge is 2.10. The molecule has 0 fully saturated rings. The molecule has 1 unspecified atom stereocenters. The quantitative estimate of drug-likeness (QED) is 0.904. The molecule has 0 aliphatic carbocycles. The standard InChI is InChI=1S/C13H18BrNO2/c1-4-5-13(16)15-9(2)10-6-7-12(17-3)11(14)8-10/h6-9H,4-5H2,1-3H3,(H,15,16). The molecule has 4 heteroatoms. The fourth-order valence-corrected chi connectivity index (χ4v) is 2.13. The maximum Gasteiger partial charge on any atom is 0.220 e. The molecular formula is C13H18BrNO2. The van der Waals surface area contributed by atoms with Gasteiger partial charge in [0, 0.05) is 6.42 Å². The fourth-order valence-electron chi connectivity index (χ4n) is 1.58. The molecule has 1 amide bonds. The van der Waals surface area contributed by atoms with E-state index in [1.165, 1.54) is 0 Å². The SMILES string of the molecule is CCCC(=O)NC(C)c1ccc(OC)c(Br)c1. The zero-order valence-electron chi connectivity index (χ0n) is 10.4. The normalized spacial score (nSPS) is 12.0. The Morgan fingerprint density at radius 3 is 2.76 bits per heavy atom. The Balaban J connectivity index is 2.72. The van der Waals surface area contributed by atoms with Gasteiger partial charge in [-0.3, -0.25) is 4.79 Å². The summed E-state index contributed by atoms with van der Waals surface area (Å²) < 4.78 is 6.06. The van der Waals surface area contributed by atoms with E-state index < -0.39 is 0 Å². The first-order valence-electron chi connectivity index (χ1n) is 5.71. The number of ether oxygens (including phenoxy) is 1. The van der Waals surface area contributed by atoms with E-state index in [1.54, 1.807) is 7.11 Å². The lowest BCUT2D eigenvalue weighted by Crippen LogP contribution is -2.26. The van der Waals surface area contributed by atoms with Crippen LogP contribution in [0.4, 0.5) is 0 Å². The number of rotatable bonds is 5. The minimum absolute atomic E-state index is 0.0104. The molecule has 1 rings (SSSR count). The number of carbonyl (C=O) groups excluding carboxylic acids is 1. The van der Waals surface area contributed by atoms with Crippen molar-refractivity contribution in [1.82, 2.24) is 5.32 Å². The molecule has 1 atom stereocenters. The van der Waals surface area contributed by atoms with Crippen LogP contribution in [0.1, 0.15) is 38.3 Å². The van der Waals surface area contributed by atoms with Crippen molar-refractivity contribution in [3.05, 3.63) is 28.2 Å². The monoisotopic (exact) mass is 299 g/mol. The van der Waals surface area contributed by atoms with Crippen molar-refractivity contribution in [3.8, 4) is 5.75 Å². The molecule has 17 heavy (non-hydrogen) atoms. The Morgan fingerprint density at radius 2 is 2.24 bits per heavy atom. The number of benzene rings is 1. The van der Waals surface area contributed by atoms with E-state index in [-0.39, 0.29) is 11.9 Å². The van der Waals surface area contributed by atoms with Gasteiger partial charge in [-0.05, 0) is 47.0 Å². The summed E-state index contributed by atoms with van der Waals surface area (Å²) in [6, 6.07) is 5.83. The lowest BCUT2D eigenvalue weighted by molar-refractivity contribution is -0.121. The summed E-state index contributed by atoms with van der Waals surface area (Å²) in [5, 5.41) is 2.96. The highest BCUT2D eigenvalue weighted by atomic mass is 79.9. The first kappa shape index (κ1) is 14.0. The van der Waals surface area contributed by atoms with Gasteiger partial charge < -0.3 is 10.1 Å². The molecule has 0 aliphatic heterocycles. The van der Waals surface area contributed by atoms with Gasteiger partial charge in [-0.2, -0.15) is 0 Å². The second kappa shape index (κ2) is 6.64. The molecule has 1 aromatic carbocycles. The van der Waals surface area contributed by atoms with E-state index in [0.717, 1.165) is 22.2 Å². The second-order valence-corrected chi connectivity index (χ2v) is 4.79. The molecule has 0 aliphatic rings. The fraction of sp³-hybridized carbons (Fsp3) is 0.462. The van der Waals surface area contributed by atoms with Crippen molar-refractivity contribution in [2.45, 2.75) is 32.7 Å². The largest absolute Gasteiger partial charge is 0.496 e. The van der Waals surface area contributed by atoms with Gasteiger partial charge in [0.25, 0.3) is 0 Å². The van der Waals surface area contributed by atoms with Gasteiger partial charge in [0.1, 0.15) is 5.75 Å². The minimum atomic E-state index is 0.0104. The molecule has 94 valence electrons. The molecule has 0 aromatic heterocycles. The molecule has 1 aromatic rings. The van der Waals surface area contributed by atoms with E-state index in [2.05, 4.69) is 21.2 Å². The van der Waals surface area contributed by atoms with Gasteiger partial charge in [-0.15, -0.1) is 0 Å². The van der Waals surface area contributed by atoms with E-state index in [0.29, 0.717) is 6.42 Å². The highest BCUT2D eigenvalue weighted by Crippen LogP contribution is 2.27. The summed E-state index contributed by atoms with van der Waals surface area (Å²) in [7, 11) is 1.63. The third-order valence-corrected chi connectivity index (χ3v) is 3.15. The molecule has 0 bridgehead atoms. The smallest absolute Gasteiger partial charge is 0.220 e. The molecule has 0 radical (unpaired) electrons. The van der Waals surface area contributed by atoms with Crippen LogP contribution in [-0.4, -0.2) is 13.0 Å². The summed E-state index contributed by atoms with van der Waals surface area (Å²) in [5.74, 6) is 0.882. The lowest BCUT2D eigenvalue weighted by Gasteiger charge is -2.15. The summed E-state index contributed by atoms with van der Waals surface area (Å²) in [6.45, 7) is 3.97. The van der Waals surface area contributed by atoms with Gasteiger partial charge in [0.2, 0.25) is 5.91 Å². The zero-order valence-corrected chi connectivity index (χ0v) is 12.0. The number of carbonyl (C=O) groups is 1. The van der Waals surface area contributed by atoms with Gasteiger partial charge >= 0.3 is 0 Å². The van der Waals surface area contributed by atoms with E-state index in [1.807, 2.05) is 32.0 Å². The predicted octanol–water partition coefficient (Wildman–Crippen LogP) is 3.44. The number of methoxy groups -OCH3 is 1. The van der Waals surface area contributed by atoms with Gasteiger partial charge in [0.05, 0.1) is 17.6 Å². The van der Waals surface area contributed by atoms with Crippen LogP contribution in [-0.2, 0) is 4.79 Å². The van der Waals surface area contributed by atoms with E-state index >= 15 is 0 Å². The summed E-state index contributed by atoms with van der Waals surface area (Å²) in [6.07, 6.45) is 1.44. The Bertz CT molecular complexity index is 393. The number of nitrogens with one attached hydrogen (secondary N) is 1. The molecule has 1 N–H and O–H groups in total. The first-order valence-corrected chi connectivity index (χ1v) is 6.50. The maximum absolute atomic E-state index is 11.5.